The van der Waals surface area contributed by atoms with Gasteiger partial charge in [-0.2, -0.15) is 0 Å². The highest BCUT2D eigenvalue weighted by atomic mass is 35.5. The number of thioether (sulfide) groups is 1. The summed E-state index contributed by atoms with van der Waals surface area (Å²) in [6.45, 7) is 1.40. The van der Waals surface area contributed by atoms with Crippen molar-refractivity contribution in [2.75, 3.05) is 23.5 Å². The zero-order valence-corrected chi connectivity index (χ0v) is 20.4. The number of aromatic nitrogens is 2. The van der Waals surface area contributed by atoms with Crippen molar-refractivity contribution in [1.82, 2.24) is 9.55 Å². The number of hydrogen-bond acceptors (Lipinski definition) is 6. The lowest BCUT2D eigenvalue weighted by atomic mass is 10.2. The van der Waals surface area contributed by atoms with Gasteiger partial charge in [0.1, 0.15) is 5.75 Å². The lowest BCUT2D eigenvalue weighted by Gasteiger charge is -2.14. The summed E-state index contributed by atoms with van der Waals surface area (Å²) in [5.74, 6) is -0.144. The zero-order chi connectivity index (χ0) is 24.9. The Hall–Kier alpha value is -3.82. The van der Waals surface area contributed by atoms with E-state index in [2.05, 4.69) is 15.6 Å². The molecule has 0 spiro atoms. The highest BCUT2D eigenvalue weighted by molar-refractivity contribution is 7.99. The molecule has 1 aromatic heterocycles. The molecule has 0 unspecified atom stereocenters. The molecule has 0 radical (unpaired) electrons. The van der Waals surface area contributed by atoms with Crippen molar-refractivity contribution < 1.29 is 14.3 Å². The van der Waals surface area contributed by atoms with Crippen LogP contribution in [0, 0.1) is 0 Å². The third kappa shape index (κ3) is 5.64. The summed E-state index contributed by atoms with van der Waals surface area (Å²) in [4.78, 5) is 42.1. The van der Waals surface area contributed by atoms with E-state index in [-0.39, 0.29) is 23.1 Å². The van der Waals surface area contributed by atoms with E-state index < -0.39 is 0 Å². The number of fused-ring (bicyclic) bond motifs is 1. The van der Waals surface area contributed by atoms with Gasteiger partial charge in [-0.15, -0.1) is 0 Å². The van der Waals surface area contributed by atoms with Crippen molar-refractivity contribution >= 4 is 57.5 Å². The number of para-hydroxylation sites is 1. The number of nitrogens with zero attached hydrogens (tertiary/aromatic N) is 2. The van der Waals surface area contributed by atoms with E-state index in [0.717, 1.165) is 11.8 Å². The summed E-state index contributed by atoms with van der Waals surface area (Å²) in [5, 5.41) is 6.84. The highest BCUT2D eigenvalue weighted by Crippen LogP contribution is 2.29. The van der Waals surface area contributed by atoms with Crippen LogP contribution in [0.2, 0.25) is 5.02 Å². The first-order valence-corrected chi connectivity index (χ1v) is 11.9. The molecule has 4 rings (SSSR count). The SMILES string of the molecule is COc1ccc(NC(C)=O)cc1NC(=O)CSc1nc2ccccc2c(=O)n1-c1ccc(Cl)cc1. The molecule has 178 valence electrons. The van der Waals surface area contributed by atoms with Gasteiger partial charge in [-0.25, -0.2) is 4.98 Å². The number of halogens is 1. The lowest BCUT2D eigenvalue weighted by molar-refractivity contribution is -0.114. The standard InChI is InChI=1S/C25H21ClN4O4S/c1-15(31)27-17-9-12-22(34-2)21(13-17)28-23(32)14-35-25-29-20-6-4-3-5-19(20)24(33)30(25)18-10-7-16(26)8-11-18/h3-13H,14H2,1-2H3,(H,27,31)(H,28,32). The van der Waals surface area contributed by atoms with E-state index in [1.807, 2.05) is 0 Å². The van der Waals surface area contributed by atoms with Crippen molar-refractivity contribution in [3.05, 3.63) is 82.1 Å². The molecule has 35 heavy (non-hydrogen) atoms. The number of carbonyl (C=O) groups is 2. The summed E-state index contributed by atoms with van der Waals surface area (Å²) >= 11 is 7.15. The molecular weight excluding hydrogens is 488 g/mol. The smallest absolute Gasteiger partial charge is 0.266 e. The van der Waals surface area contributed by atoms with Crippen molar-refractivity contribution in [1.29, 1.82) is 0 Å². The van der Waals surface area contributed by atoms with Gasteiger partial charge in [0, 0.05) is 17.6 Å². The second-order valence-electron chi connectivity index (χ2n) is 7.46. The molecule has 0 aliphatic carbocycles. The van der Waals surface area contributed by atoms with Gasteiger partial charge in [-0.1, -0.05) is 35.5 Å². The van der Waals surface area contributed by atoms with Crippen LogP contribution >= 0.6 is 23.4 Å². The monoisotopic (exact) mass is 508 g/mol. The molecule has 0 fully saturated rings. The second-order valence-corrected chi connectivity index (χ2v) is 8.84. The molecule has 8 nitrogen and oxygen atoms in total. The Labute approximate surface area is 210 Å². The minimum Gasteiger partial charge on any atom is -0.495 e. The van der Waals surface area contributed by atoms with Crippen LogP contribution in [0.3, 0.4) is 0 Å². The van der Waals surface area contributed by atoms with Crippen LogP contribution in [-0.2, 0) is 9.59 Å². The summed E-state index contributed by atoms with van der Waals surface area (Å²) in [7, 11) is 1.49. The zero-order valence-electron chi connectivity index (χ0n) is 18.9. The van der Waals surface area contributed by atoms with Crippen molar-refractivity contribution in [3.8, 4) is 11.4 Å². The minimum absolute atomic E-state index is 0.0219. The van der Waals surface area contributed by atoms with E-state index in [1.165, 1.54) is 18.6 Å². The van der Waals surface area contributed by atoms with E-state index >= 15 is 0 Å². The first kappa shape index (κ1) is 24.3. The summed E-state index contributed by atoms with van der Waals surface area (Å²) in [6.07, 6.45) is 0. The summed E-state index contributed by atoms with van der Waals surface area (Å²) in [6, 6.07) is 18.8. The molecule has 0 atom stereocenters. The van der Waals surface area contributed by atoms with Crippen molar-refractivity contribution in [3.63, 3.8) is 0 Å². The maximum atomic E-state index is 13.3. The average Bonchev–Trinajstić information content (AvgIpc) is 2.83. The molecule has 0 aliphatic rings. The number of rotatable bonds is 7. The first-order valence-electron chi connectivity index (χ1n) is 10.5. The van der Waals surface area contributed by atoms with Crippen LogP contribution < -0.4 is 20.9 Å². The van der Waals surface area contributed by atoms with E-state index in [4.69, 9.17) is 16.3 Å². The lowest BCUT2D eigenvalue weighted by Crippen LogP contribution is -2.23. The molecule has 3 aromatic carbocycles. The Morgan fingerprint density at radius 3 is 2.51 bits per heavy atom. The molecule has 2 amide bonds. The number of amides is 2. The maximum absolute atomic E-state index is 13.3. The van der Waals surface area contributed by atoms with Crippen LogP contribution in [0.15, 0.2) is 76.7 Å². The van der Waals surface area contributed by atoms with Crippen molar-refractivity contribution in [2.24, 2.45) is 0 Å². The summed E-state index contributed by atoms with van der Waals surface area (Å²) in [5.41, 5.74) is 1.81. The van der Waals surface area contributed by atoms with Crippen LogP contribution in [-0.4, -0.2) is 34.2 Å². The number of ether oxygens (including phenoxy) is 1. The predicted molar refractivity (Wildman–Crippen MR) is 139 cm³/mol. The normalized spacial score (nSPS) is 10.7. The number of carbonyl (C=O) groups excluding carboxylic acids is 2. The first-order chi connectivity index (χ1) is 16.9. The molecule has 1 heterocycles. The minimum atomic E-state index is -0.335. The molecule has 0 saturated carbocycles. The highest BCUT2D eigenvalue weighted by Gasteiger charge is 2.16. The van der Waals surface area contributed by atoms with E-state index in [1.54, 1.807) is 66.7 Å². The largest absolute Gasteiger partial charge is 0.495 e. The van der Waals surface area contributed by atoms with Crippen LogP contribution in [0.25, 0.3) is 16.6 Å². The van der Waals surface area contributed by atoms with Gasteiger partial charge in [0.25, 0.3) is 5.56 Å². The van der Waals surface area contributed by atoms with E-state index in [9.17, 15) is 14.4 Å². The molecular formula is C25H21ClN4O4S. The fourth-order valence-corrected chi connectivity index (χ4v) is 4.37. The van der Waals surface area contributed by atoms with Gasteiger partial charge in [-0.05, 0) is 54.6 Å². The number of hydrogen-bond donors (Lipinski definition) is 2. The average molecular weight is 509 g/mol. The molecule has 0 aliphatic heterocycles. The Kier molecular flexibility index (Phi) is 7.38. The van der Waals surface area contributed by atoms with Gasteiger partial charge >= 0.3 is 0 Å². The topological polar surface area (TPSA) is 102 Å². The number of nitrogens with one attached hydrogen (secondary N) is 2. The molecule has 4 aromatic rings. The number of methoxy groups -OCH3 is 1. The van der Waals surface area contributed by atoms with Crippen LogP contribution in [0.5, 0.6) is 5.75 Å². The number of benzene rings is 3. The fourth-order valence-electron chi connectivity index (χ4n) is 3.43. The molecule has 2 N–H and O–H groups in total. The van der Waals surface area contributed by atoms with Gasteiger partial charge < -0.3 is 15.4 Å². The fraction of sp³-hybridized carbons (Fsp3) is 0.120. The Balaban J connectivity index is 1.62. The third-order valence-corrected chi connectivity index (χ3v) is 6.15. The van der Waals surface area contributed by atoms with Crippen molar-refractivity contribution in [2.45, 2.75) is 12.1 Å². The molecule has 0 bridgehead atoms. The quantitative estimate of drug-likeness (QED) is 0.276. The second kappa shape index (κ2) is 10.6. The maximum Gasteiger partial charge on any atom is 0.266 e. The molecule has 10 heteroatoms. The van der Waals surface area contributed by atoms with Crippen LogP contribution in [0.4, 0.5) is 11.4 Å². The van der Waals surface area contributed by atoms with Gasteiger partial charge in [0.15, 0.2) is 5.16 Å². The Morgan fingerprint density at radius 2 is 1.80 bits per heavy atom. The summed E-state index contributed by atoms with van der Waals surface area (Å²) < 4.78 is 6.78. The number of anilines is 2. The van der Waals surface area contributed by atoms with Gasteiger partial charge in [-0.3, -0.25) is 19.0 Å². The van der Waals surface area contributed by atoms with E-state index in [0.29, 0.717) is 43.9 Å². The molecule has 0 saturated heterocycles. The van der Waals surface area contributed by atoms with Gasteiger partial charge in [0.05, 0.1) is 35.1 Å². The van der Waals surface area contributed by atoms with Crippen LogP contribution in [0.1, 0.15) is 6.92 Å². The Bertz CT molecular complexity index is 1470. The predicted octanol–water partition coefficient (Wildman–Crippen LogP) is 4.74. The Morgan fingerprint density at radius 1 is 1.06 bits per heavy atom. The third-order valence-electron chi connectivity index (χ3n) is 4.96. The van der Waals surface area contributed by atoms with Gasteiger partial charge in [0.2, 0.25) is 11.8 Å².